The quantitative estimate of drug-likeness (QED) is 0.723. The van der Waals surface area contributed by atoms with Gasteiger partial charge in [0.1, 0.15) is 17.2 Å². The number of ether oxygens (including phenoxy) is 1. The monoisotopic (exact) mass is 268 g/mol. The highest BCUT2D eigenvalue weighted by atomic mass is 16.5. The van der Waals surface area contributed by atoms with Crippen LogP contribution in [0.3, 0.4) is 0 Å². The number of pyridine rings is 1. The number of aromatic nitrogens is 1. The van der Waals surface area contributed by atoms with Gasteiger partial charge in [-0.15, -0.1) is 0 Å². The van der Waals surface area contributed by atoms with Crippen LogP contribution in [0.1, 0.15) is 5.56 Å². The molecule has 0 fully saturated rings. The van der Waals surface area contributed by atoms with Crippen LogP contribution in [-0.4, -0.2) is 4.98 Å². The van der Waals surface area contributed by atoms with Crippen molar-refractivity contribution in [2.75, 3.05) is 5.73 Å². The lowest BCUT2D eigenvalue weighted by Gasteiger charge is -2.06. The molecular formula is C15H12N2O3. The molecule has 20 heavy (non-hydrogen) atoms. The molecule has 1 aromatic carbocycles. The molecule has 3 rings (SSSR count). The smallest absolute Gasteiger partial charge is 0.336 e. The van der Waals surface area contributed by atoms with Crippen LogP contribution in [0.15, 0.2) is 51.7 Å². The van der Waals surface area contributed by atoms with Gasteiger partial charge in [0.25, 0.3) is 0 Å². The third-order valence-corrected chi connectivity index (χ3v) is 2.89. The van der Waals surface area contributed by atoms with Crippen LogP contribution in [0.5, 0.6) is 11.6 Å². The molecule has 2 aromatic heterocycles. The van der Waals surface area contributed by atoms with Gasteiger partial charge in [0.15, 0.2) is 0 Å². The molecule has 0 saturated carbocycles. The van der Waals surface area contributed by atoms with Gasteiger partial charge in [0, 0.05) is 23.6 Å². The van der Waals surface area contributed by atoms with Crippen LogP contribution in [0, 0.1) is 6.92 Å². The Balaban J connectivity index is 2.03. The Morgan fingerprint density at radius 3 is 2.85 bits per heavy atom. The van der Waals surface area contributed by atoms with Crippen molar-refractivity contribution >= 4 is 16.8 Å². The van der Waals surface area contributed by atoms with Gasteiger partial charge in [-0.3, -0.25) is 0 Å². The summed E-state index contributed by atoms with van der Waals surface area (Å²) in [7, 11) is 0. The molecule has 0 aliphatic rings. The van der Waals surface area contributed by atoms with E-state index in [0.29, 0.717) is 23.0 Å². The lowest BCUT2D eigenvalue weighted by Crippen LogP contribution is -1.98. The topological polar surface area (TPSA) is 78.3 Å². The molecule has 0 saturated heterocycles. The minimum absolute atomic E-state index is 0.380. The van der Waals surface area contributed by atoms with E-state index in [-0.39, 0.29) is 5.63 Å². The first-order valence-electron chi connectivity index (χ1n) is 6.07. The molecule has 0 spiro atoms. The van der Waals surface area contributed by atoms with E-state index in [2.05, 4.69) is 4.98 Å². The zero-order chi connectivity index (χ0) is 14.1. The molecule has 2 heterocycles. The summed E-state index contributed by atoms with van der Waals surface area (Å²) in [5.41, 5.74) is 6.56. The van der Waals surface area contributed by atoms with Crippen molar-refractivity contribution in [3.8, 4) is 11.6 Å². The normalized spacial score (nSPS) is 10.7. The van der Waals surface area contributed by atoms with Gasteiger partial charge in [-0.1, -0.05) is 6.07 Å². The second-order valence-electron chi connectivity index (χ2n) is 4.41. The van der Waals surface area contributed by atoms with Crippen molar-refractivity contribution in [2.24, 2.45) is 0 Å². The van der Waals surface area contributed by atoms with E-state index >= 15 is 0 Å². The Morgan fingerprint density at radius 2 is 2.05 bits per heavy atom. The molecule has 0 bridgehead atoms. The van der Waals surface area contributed by atoms with Gasteiger partial charge in [-0.05, 0) is 30.7 Å². The number of nitrogen functional groups attached to an aromatic ring is 1. The number of fused-ring (bicyclic) bond motifs is 1. The van der Waals surface area contributed by atoms with Gasteiger partial charge in [-0.25, -0.2) is 4.79 Å². The number of aryl methyl sites for hydroxylation is 1. The van der Waals surface area contributed by atoms with Crippen molar-refractivity contribution in [1.82, 2.24) is 4.98 Å². The number of hydrogen-bond donors (Lipinski definition) is 1. The average Bonchev–Trinajstić information content (AvgIpc) is 2.38. The fourth-order valence-corrected chi connectivity index (χ4v) is 1.98. The molecule has 0 aliphatic heterocycles. The zero-order valence-electron chi connectivity index (χ0n) is 10.8. The third-order valence-electron chi connectivity index (χ3n) is 2.89. The fourth-order valence-electron chi connectivity index (χ4n) is 1.98. The number of anilines is 1. The van der Waals surface area contributed by atoms with E-state index in [9.17, 15) is 4.79 Å². The fraction of sp³-hybridized carbons (Fsp3) is 0.0667. The summed E-state index contributed by atoms with van der Waals surface area (Å²) in [6.45, 7) is 1.86. The van der Waals surface area contributed by atoms with Crippen LogP contribution in [-0.2, 0) is 0 Å². The minimum Gasteiger partial charge on any atom is -0.439 e. The first kappa shape index (κ1) is 12.2. The minimum atomic E-state index is -0.380. The Morgan fingerprint density at radius 1 is 1.20 bits per heavy atom. The van der Waals surface area contributed by atoms with E-state index in [4.69, 9.17) is 14.9 Å². The molecule has 100 valence electrons. The average molecular weight is 268 g/mol. The summed E-state index contributed by atoms with van der Waals surface area (Å²) >= 11 is 0. The van der Waals surface area contributed by atoms with Crippen molar-refractivity contribution in [2.45, 2.75) is 6.92 Å². The molecule has 0 radical (unpaired) electrons. The standard InChI is InChI=1S/C15H12N2O3/c1-9-7-15(18)20-12-8-10(5-6-11(9)12)19-14-4-2-3-13(16)17-14/h2-8H,1H3,(H2,16,17). The molecule has 0 unspecified atom stereocenters. The second-order valence-corrected chi connectivity index (χ2v) is 4.41. The Kier molecular flexibility index (Phi) is 2.87. The number of nitrogens with zero attached hydrogens (tertiary/aromatic N) is 1. The van der Waals surface area contributed by atoms with Crippen molar-refractivity contribution in [3.05, 3.63) is 58.4 Å². The van der Waals surface area contributed by atoms with Gasteiger partial charge >= 0.3 is 5.63 Å². The SMILES string of the molecule is Cc1cc(=O)oc2cc(Oc3cccc(N)n3)ccc12. The number of nitrogens with two attached hydrogens (primary N) is 1. The maximum atomic E-state index is 11.4. The number of benzene rings is 1. The molecule has 2 N–H and O–H groups in total. The van der Waals surface area contributed by atoms with E-state index in [1.807, 2.05) is 13.0 Å². The summed E-state index contributed by atoms with van der Waals surface area (Å²) < 4.78 is 10.8. The molecule has 5 nitrogen and oxygen atoms in total. The van der Waals surface area contributed by atoms with E-state index in [1.165, 1.54) is 6.07 Å². The molecule has 3 aromatic rings. The molecule has 0 amide bonds. The van der Waals surface area contributed by atoms with E-state index < -0.39 is 0 Å². The summed E-state index contributed by atoms with van der Waals surface area (Å²) in [4.78, 5) is 15.4. The predicted molar refractivity (Wildman–Crippen MR) is 75.9 cm³/mol. The lowest BCUT2D eigenvalue weighted by atomic mass is 10.1. The van der Waals surface area contributed by atoms with Crippen LogP contribution in [0.2, 0.25) is 0 Å². The van der Waals surface area contributed by atoms with Crippen LogP contribution < -0.4 is 16.1 Å². The summed E-state index contributed by atoms with van der Waals surface area (Å²) in [6.07, 6.45) is 0. The van der Waals surface area contributed by atoms with E-state index in [0.717, 1.165) is 10.9 Å². The summed E-state index contributed by atoms with van der Waals surface area (Å²) in [6, 6.07) is 11.9. The molecule has 0 aliphatic carbocycles. The molecule has 0 atom stereocenters. The van der Waals surface area contributed by atoms with Crippen LogP contribution >= 0.6 is 0 Å². The van der Waals surface area contributed by atoms with Crippen molar-refractivity contribution in [3.63, 3.8) is 0 Å². The predicted octanol–water partition coefficient (Wildman–Crippen LogP) is 2.87. The Labute approximate surface area is 114 Å². The van der Waals surface area contributed by atoms with Gasteiger partial charge in [0.2, 0.25) is 5.88 Å². The molecule has 5 heteroatoms. The Bertz CT molecular complexity index is 840. The van der Waals surface area contributed by atoms with Gasteiger partial charge < -0.3 is 14.9 Å². The maximum absolute atomic E-state index is 11.4. The first-order chi connectivity index (χ1) is 9.61. The highest BCUT2D eigenvalue weighted by Crippen LogP contribution is 2.25. The lowest BCUT2D eigenvalue weighted by molar-refractivity contribution is 0.462. The van der Waals surface area contributed by atoms with Crippen LogP contribution in [0.4, 0.5) is 5.82 Å². The van der Waals surface area contributed by atoms with Crippen molar-refractivity contribution in [1.29, 1.82) is 0 Å². The van der Waals surface area contributed by atoms with Gasteiger partial charge in [-0.2, -0.15) is 4.98 Å². The maximum Gasteiger partial charge on any atom is 0.336 e. The highest BCUT2D eigenvalue weighted by molar-refractivity contribution is 5.81. The first-order valence-corrected chi connectivity index (χ1v) is 6.07. The Hall–Kier alpha value is -2.82. The van der Waals surface area contributed by atoms with Crippen molar-refractivity contribution < 1.29 is 9.15 Å². The van der Waals surface area contributed by atoms with Crippen LogP contribution in [0.25, 0.3) is 11.0 Å². The molecular weight excluding hydrogens is 256 g/mol. The summed E-state index contributed by atoms with van der Waals surface area (Å²) in [5.74, 6) is 1.30. The third kappa shape index (κ3) is 2.33. The van der Waals surface area contributed by atoms with E-state index in [1.54, 1.807) is 30.3 Å². The second kappa shape index (κ2) is 4.70. The number of hydrogen-bond acceptors (Lipinski definition) is 5. The van der Waals surface area contributed by atoms with Gasteiger partial charge in [0.05, 0.1) is 0 Å². The zero-order valence-corrected chi connectivity index (χ0v) is 10.8. The number of rotatable bonds is 2. The largest absolute Gasteiger partial charge is 0.439 e. The summed E-state index contributed by atoms with van der Waals surface area (Å²) in [5, 5.41) is 0.873. The highest BCUT2D eigenvalue weighted by Gasteiger charge is 2.05.